The van der Waals surface area contributed by atoms with Crippen molar-refractivity contribution < 1.29 is 44.5 Å². The number of aliphatic hydroxyl groups is 5. The van der Waals surface area contributed by atoms with E-state index < -0.39 is 86.1 Å². The van der Waals surface area contributed by atoms with Crippen LogP contribution < -0.4 is 22.9 Å². The number of hydrogen-bond acceptors (Lipinski definition) is 13. The molecular weight excluding hydrogens is 404 g/mol. The standard InChI is InChI=1S/C17H34N4O9/c18-3-5-1-8(23)10(21)16(27-5)29-14-7(20)2-6(19)11(24)15(14)30-17-13(26)12(25)9(4-22)28-17/h5-17,22-26H,1-4,18-21H2/t5-,6+,7-,8-,9+,10+,11-,12-,13+,14+,15+,16+,17-/m0/s1. The van der Waals surface area contributed by atoms with Crippen LogP contribution in [0.25, 0.3) is 0 Å². The van der Waals surface area contributed by atoms with Gasteiger partial charge in [-0.3, -0.25) is 0 Å². The van der Waals surface area contributed by atoms with Crippen molar-refractivity contribution >= 4 is 0 Å². The topological polar surface area (TPSA) is 242 Å². The summed E-state index contributed by atoms with van der Waals surface area (Å²) in [4.78, 5) is 0. The van der Waals surface area contributed by atoms with E-state index in [2.05, 4.69) is 0 Å². The van der Waals surface area contributed by atoms with Gasteiger partial charge in [-0.2, -0.15) is 0 Å². The van der Waals surface area contributed by atoms with Crippen molar-refractivity contribution in [2.75, 3.05) is 13.2 Å². The highest BCUT2D eigenvalue weighted by atomic mass is 16.7. The Labute approximate surface area is 173 Å². The Balaban J connectivity index is 1.76. The zero-order valence-corrected chi connectivity index (χ0v) is 16.5. The lowest BCUT2D eigenvalue weighted by molar-refractivity contribution is -0.294. The van der Waals surface area contributed by atoms with Crippen molar-refractivity contribution in [3.63, 3.8) is 0 Å². The Morgan fingerprint density at radius 2 is 1.47 bits per heavy atom. The summed E-state index contributed by atoms with van der Waals surface area (Å²) in [7, 11) is 0. The molecule has 0 aromatic carbocycles. The van der Waals surface area contributed by atoms with E-state index in [4.69, 9.17) is 41.9 Å². The molecule has 0 aromatic rings. The van der Waals surface area contributed by atoms with Gasteiger partial charge in [-0.25, -0.2) is 0 Å². The van der Waals surface area contributed by atoms with Crippen molar-refractivity contribution in [2.24, 2.45) is 22.9 Å². The van der Waals surface area contributed by atoms with Crippen LogP contribution in [0.1, 0.15) is 12.8 Å². The van der Waals surface area contributed by atoms with Gasteiger partial charge in [0.15, 0.2) is 12.6 Å². The molecule has 1 aliphatic carbocycles. The Hall–Kier alpha value is -0.520. The molecule has 176 valence electrons. The van der Waals surface area contributed by atoms with Crippen LogP contribution in [0.4, 0.5) is 0 Å². The maximum atomic E-state index is 10.6. The molecule has 13 nitrogen and oxygen atoms in total. The lowest BCUT2D eigenvalue weighted by atomic mass is 9.84. The molecule has 30 heavy (non-hydrogen) atoms. The average Bonchev–Trinajstić information content (AvgIpc) is 2.99. The molecule has 0 aromatic heterocycles. The van der Waals surface area contributed by atoms with Gasteiger partial charge in [0.05, 0.1) is 31.0 Å². The van der Waals surface area contributed by atoms with E-state index >= 15 is 0 Å². The van der Waals surface area contributed by atoms with Crippen LogP contribution in [0.2, 0.25) is 0 Å². The lowest BCUT2D eigenvalue weighted by Crippen LogP contribution is -2.66. The van der Waals surface area contributed by atoms with E-state index in [-0.39, 0.29) is 19.4 Å². The summed E-state index contributed by atoms with van der Waals surface area (Å²) < 4.78 is 22.7. The summed E-state index contributed by atoms with van der Waals surface area (Å²) in [6.07, 6.45) is -10.7. The van der Waals surface area contributed by atoms with E-state index in [1.54, 1.807) is 0 Å². The molecule has 0 bridgehead atoms. The fourth-order valence-electron chi connectivity index (χ4n) is 4.11. The maximum absolute atomic E-state index is 10.6. The number of nitrogens with two attached hydrogens (primary N) is 4. The first-order valence-electron chi connectivity index (χ1n) is 10.1. The quantitative estimate of drug-likeness (QED) is 0.188. The summed E-state index contributed by atoms with van der Waals surface area (Å²) in [6, 6.07) is -2.33. The monoisotopic (exact) mass is 438 g/mol. The van der Waals surface area contributed by atoms with Crippen molar-refractivity contribution in [1.82, 2.24) is 0 Å². The fraction of sp³-hybridized carbons (Fsp3) is 1.00. The van der Waals surface area contributed by atoms with Crippen LogP contribution in [0.15, 0.2) is 0 Å². The Bertz CT molecular complexity index is 563. The van der Waals surface area contributed by atoms with Gasteiger partial charge in [0.25, 0.3) is 0 Å². The van der Waals surface area contributed by atoms with Gasteiger partial charge < -0.3 is 67.4 Å². The third-order valence-electron chi connectivity index (χ3n) is 6.00. The van der Waals surface area contributed by atoms with Crippen molar-refractivity contribution in [3.8, 4) is 0 Å². The van der Waals surface area contributed by atoms with Crippen molar-refractivity contribution in [2.45, 2.75) is 92.4 Å². The zero-order valence-electron chi connectivity index (χ0n) is 16.5. The highest BCUT2D eigenvalue weighted by molar-refractivity contribution is 5.01. The predicted molar refractivity (Wildman–Crippen MR) is 100 cm³/mol. The second-order valence-corrected chi connectivity index (χ2v) is 8.20. The van der Waals surface area contributed by atoms with Crippen molar-refractivity contribution in [1.29, 1.82) is 0 Å². The van der Waals surface area contributed by atoms with Crippen LogP contribution in [0, 0.1) is 0 Å². The Morgan fingerprint density at radius 3 is 2.07 bits per heavy atom. The van der Waals surface area contributed by atoms with Crippen LogP contribution >= 0.6 is 0 Å². The number of rotatable bonds is 6. The molecule has 0 unspecified atom stereocenters. The van der Waals surface area contributed by atoms with Crippen LogP contribution in [-0.4, -0.2) is 118 Å². The molecule has 0 radical (unpaired) electrons. The molecular formula is C17H34N4O9. The molecule has 2 saturated heterocycles. The summed E-state index contributed by atoms with van der Waals surface area (Å²) in [5.74, 6) is 0. The molecule has 3 fully saturated rings. The molecule has 3 aliphatic rings. The average molecular weight is 438 g/mol. The number of hydrogen-bond donors (Lipinski definition) is 9. The van der Waals surface area contributed by atoms with Crippen molar-refractivity contribution in [3.05, 3.63) is 0 Å². The van der Waals surface area contributed by atoms with Gasteiger partial charge >= 0.3 is 0 Å². The van der Waals surface area contributed by atoms with Gasteiger partial charge in [-0.05, 0) is 6.42 Å². The molecule has 0 spiro atoms. The fourth-order valence-corrected chi connectivity index (χ4v) is 4.11. The highest BCUT2D eigenvalue weighted by Crippen LogP contribution is 2.31. The Kier molecular flexibility index (Phi) is 8.01. The third kappa shape index (κ3) is 4.78. The Morgan fingerprint density at radius 1 is 0.800 bits per heavy atom. The van der Waals surface area contributed by atoms with Crippen LogP contribution in [-0.2, 0) is 18.9 Å². The minimum atomic E-state index is -1.47. The van der Waals surface area contributed by atoms with E-state index in [0.29, 0.717) is 0 Å². The minimum Gasteiger partial charge on any atom is -0.394 e. The van der Waals surface area contributed by atoms with Gasteiger partial charge in [0.2, 0.25) is 0 Å². The zero-order chi connectivity index (χ0) is 22.2. The summed E-state index contributed by atoms with van der Waals surface area (Å²) >= 11 is 0. The van der Waals surface area contributed by atoms with E-state index in [1.165, 1.54) is 0 Å². The molecule has 3 rings (SSSR count). The van der Waals surface area contributed by atoms with Gasteiger partial charge in [0.1, 0.15) is 30.5 Å². The molecule has 2 heterocycles. The molecule has 13 heteroatoms. The smallest absolute Gasteiger partial charge is 0.187 e. The van der Waals surface area contributed by atoms with Gasteiger partial charge in [-0.1, -0.05) is 0 Å². The molecule has 13 N–H and O–H groups in total. The third-order valence-corrected chi connectivity index (χ3v) is 6.00. The number of ether oxygens (including phenoxy) is 4. The first-order chi connectivity index (χ1) is 14.2. The SMILES string of the molecule is NC[C@@H]1C[C@H](O)[C@@H](N)[C@@H](O[C@H]2[C@H](O[C@@H]3O[C@H](CO)[C@H](O)[C@H]3O)[C@@H](O)[C@H](N)C[C@@H]2N)O1. The summed E-state index contributed by atoms with van der Waals surface area (Å²) in [5.41, 5.74) is 23.8. The molecule has 1 saturated carbocycles. The lowest BCUT2D eigenvalue weighted by Gasteiger charge is -2.46. The van der Waals surface area contributed by atoms with Gasteiger partial charge in [-0.15, -0.1) is 0 Å². The minimum absolute atomic E-state index is 0.149. The van der Waals surface area contributed by atoms with E-state index in [0.717, 1.165) is 0 Å². The summed E-state index contributed by atoms with van der Waals surface area (Å²) in [6.45, 7) is -0.385. The largest absolute Gasteiger partial charge is 0.394 e. The second-order valence-electron chi connectivity index (χ2n) is 8.20. The van der Waals surface area contributed by atoms with Gasteiger partial charge in [0, 0.05) is 25.0 Å². The molecule has 0 amide bonds. The molecule has 2 aliphatic heterocycles. The first kappa shape index (κ1) is 24.1. The number of aliphatic hydroxyl groups excluding tert-OH is 5. The highest BCUT2D eigenvalue weighted by Gasteiger charge is 2.51. The maximum Gasteiger partial charge on any atom is 0.187 e. The van der Waals surface area contributed by atoms with E-state index in [1.807, 2.05) is 0 Å². The van der Waals surface area contributed by atoms with Crippen LogP contribution in [0.5, 0.6) is 0 Å². The summed E-state index contributed by atoms with van der Waals surface area (Å²) in [5, 5.41) is 50.2. The normalized spacial score (nSPS) is 52.5. The molecule has 13 atom stereocenters. The second kappa shape index (κ2) is 9.95. The predicted octanol–water partition coefficient (Wildman–Crippen LogP) is -5.62. The first-order valence-corrected chi connectivity index (χ1v) is 10.1. The van der Waals surface area contributed by atoms with Crippen LogP contribution in [0.3, 0.4) is 0 Å². The van der Waals surface area contributed by atoms with E-state index in [9.17, 15) is 25.5 Å².